The van der Waals surface area contributed by atoms with Gasteiger partial charge in [0.2, 0.25) is 5.91 Å². The molecule has 0 bridgehead atoms. The molecule has 0 spiro atoms. The summed E-state index contributed by atoms with van der Waals surface area (Å²) in [6.45, 7) is 4.29. The average molecular weight is 506 g/mol. The monoisotopic (exact) mass is 505 g/mol. The molecule has 7 nitrogen and oxygen atoms in total. The van der Waals surface area contributed by atoms with Crippen LogP contribution in [0.4, 0.5) is 13.2 Å². The molecule has 4 rings (SSSR count). The fourth-order valence-corrected chi connectivity index (χ4v) is 4.86. The molecule has 0 aliphatic carbocycles. The molecule has 3 aromatic rings. The Morgan fingerprint density at radius 3 is 2.66 bits per heavy atom. The standard InChI is InChI=1S/C24H26F3N5O2S/c1-16-12-21(24(25,26)27)30-32(16)14-22(33)31-10-8-19(9-11-31)23-29-20(15-35-23)13-28-34-17(2)18-6-4-3-5-7-18/h3-7,12-13,15,17,19H,8-11,14H2,1-2H3. The van der Waals surface area contributed by atoms with Crippen molar-refractivity contribution in [2.75, 3.05) is 13.1 Å². The van der Waals surface area contributed by atoms with E-state index in [0.29, 0.717) is 18.8 Å². The van der Waals surface area contributed by atoms with E-state index in [-0.39, 0.29) is 24.5 Å². The Morgan fingerprint density at radius 2 is 2.00 bits per heavy atom. The third-order valence-corrected chi connectivity index (χ3v) is 6.99. The molecular weight excluding hydrogens is 479 g/mol. The largest absolute Gasteiger partial charge is 0.435 e. The van der Waals surface area contributed by atoms with E-state index in [1.807, 2.05) is 42.6 Å². The first-order valence-corrected chi connectivity index (χ1v) is 12.2. The fraction of sp³-hybridized carbons (Fsp3) is 0.417. The lowest BCUT2D eigenvalue weighted by atomic mass is 9.97. The number of likely N-dealkylation sites (tertiary alicyclic amines) is 1. The summed E-state index contributed by atoms with van der Waals surface area (Å²) in [5.41, 5.74) is 1.08. The van der Waals surface area contributed by atoms with Crippen molar-refractivity contribution in [3.8, 4) is 0 Å². The molecule has 3 heterocycles. The highest BCUT2D eigenvalue weighted by Crippen LogP contribution is 2.31. The van der Waals surface area contributed by atoms with Gasteiger partial charge in [0.15, 0.2) is 5.69 Å². The maximum Gasteiger partial charge on any atom is 0.435 e. The zero-order chi connectivity index (χ0) is 25.0. The SMILES string of the molecule is Cc1cc(C(F)(F)F)nn1CC(=O)N1CCC(c2nc(C=NOC(C)c3ccccc3)cs2)CC1. The van der Waals surface area contributed by atoms with Crippen LogP contribution < -0.4 is 0 Å². The molecular formula is C24H26F3N5O2S. The van der Waals surface area contributed by atoms with Crippen molar-refractivity contribution >= 4 is 23.5 Å². The molecule has 2 aromatic heterocycles. The molecule has 1 aliphatic heterocycles. The van der Waals surface area contributed by atoms with Crippen molar-refractivity contribution in [3.05, 3.63) is 69.4 Å². The van der Waals surface area contributed by atoms with E-state index in [9.17, 15) is 18.0 Å². The summed E-state index contributed by atoms with van der Waals surface area (Å²) in [5.74, 6) is -0.0151. The number of oxime groups is 1. The van der Waals surface area contributed by atoms with E-state index in [1.54, 1.807) is 22.5 Å². The third kappa shape index (κ3) is 6.27. The molecule has 0 saturated carbocycles. The smallest absolute Gasteiger partial charge is 0.388 e. The maximum atomic E-state index is 12.9. The lowest BCUT2D eigenvalue weighted by Gasteiger charge is -2.31. The number of rotatable bonds is 7. The van der Waals surface area contributed by atoms with Crippen molar-refractivity contribution in [2.24, 2.45) is 5.16 Å². The van der Waals surface area contributed by atoms with E-state index in [0.717, 1.165) is 39.9 Å². The summed E-state index contributed by atoms with van der Waals surface area (Å²) >= 11 is 1.55. The number of hydrogen-bond donors (Lipinski definition) is 0. The number of carbonyl (C=O) groups excluding carboxylic acids is 1. The number of nitrogens with zero attached hydrogens (tertiary/aromatic N) is 5. The Balaban J connectivity index is 1.27. The predicted octanol–water partition coefficient (Wildman–Crippen LogP) is 5.18. The molecule has 1 aliphatic rings. The van der Waals surface area contributed by atoms with Crippen LogP contribution in [-0.2, 0) is 22.4 Å². The summed E-state index contributed by atoms with van der Waals surface area (Å²) < 4.78 is 39.7. The minimum Gasteiger partial charge on any atom is -0.388 e. The zero-order valence-electron chi connectivity index (χ0n) is 19.4. The molecule has 0 N–H and O–H groups in total. The second kappa shape index (κ2) is 10.6. The highest BCUT2D eigenvalue weighted by molar-refractivity contribution is 7.09. The van der Waals surface area contributed by atoms with Gasteiger partial charge < -0.3 is 9.74 Å². The summed E-state index contributed by atoms with van der Waals surface area (Å²) in [6.07, 6.45) is -1.62. The van der Waals surface area contributed by atoms with Crippen LogP contribution in [-0.4, -0.2) is 44.9 Å². The van der Waals surface area contributed by atoms with Crippen LogP contribution in [0.1, 0.15) is 59.4 Å². The number of amides is 1. The van der Waals surface area contributed by atoms with Gasteiger partial charge in [0, 0.05) is 30.1 Å². The van der Waals surface area contributed by atoms with Crippen LogP contribution in [0.5, 0.6) is 0 Å². The van der Waals surface area contributed by atoms with Crippen LogP contribution in [0.2, 0.25) is 0 Å². The highest BCUT2D eigenvalue weighted by Gasteiger charge is 2.35. The van der Waals surface area contributed by atoms with Gasteiger partial charge in [-0.2, -0.15) is 18.3 Å². The van der Waals surface area contributed by atoms with Gasteiger partial charge in [-0.05, 0) is 38.3 Å². The van der Waals surface area contributed by atoms with Crippen LogP contribution in [0, 0.1) is 6.92 Å². The van der Waals surface area contributed by atoms with Crippen molar-refractivity contribution in [1.82, 2.24) is 19.7 Å². The summed E-state index contributed by atoms with van der Waals surface area (Å²) in [5, 5.41) is 10.5. The molecule has 1 unspecified atom stereocenters. The second-order valence-corrected chi connectivity index (χ2v) is 9.37. The Morgan fingerprint density at radius 1 is 1.29 bits per heavy atom. The number of carbonyl (C=O) groups is 1. The first-order valence-electron chi connectivity index (χ1n) is 11.3. The Labute approximate surface area is 205 Å². The number of aromatic nitrogens is 3. The minimum absolute atomic E-state index is 0.169. The molecule has 1 amide bonds. The Hall–Kier alpha value is -3.21. The van der Waals surface area contributed by atoms with E-state index in [2.05, 4.69) is 15.2 Å². The van der Waals surface area contributed by atoms with Crippen molar-refractivity contribution in [2.45, 2.75) is 51.4 Å². The number of thiazole rings is 1. The highest BCUT2D eigenvalue weighted by atomic mass is 32.1. The number of aryl methyl sites for hydroxylation is 1. The van der Waals surface area contributed by atoms with Crippen molar-refractivity contribution in [3.63, 3.8) is 0 Å². The number of alkyl halides is 3. The summed E-state index contributed by atoms with van der Waals surface area (Å²) in [7, 11) is 0. The Bertz CT molecular complexity index is 1170. The molecule has 1 saturated heterocycles. The lowest BCUT2D eigenvalue weighted by Crippen LogP contribution is -2.40. The molecule has 1 atom stereocenters. The zero-order valence-corrected chi connectivity index (χ0v) is 20.2. The minimum atomic E-state index is -4.53. The van der Waals surface area contributed by atoms with Crippen molar-refractivity contribution < 1.29 is 22.8 Å². The summed E-state index contributed by atoms with van der Waals surface area (Å²) in [6, 6.07) is 10.8. The van der Waals surface area contributed by atoms with E-state index < -0.39 is 11.9 Å². The predicted molar refractivity (Wildman–Crippen MR) is 126 cm³/mol. The molecule has 1 aromatic carbocycles. The molecule has 35 heavy (non-hydrogen) atoms. The van der Waals surface area contributed by atoms with Gasteiger partial charge >= 0.3 is 6.18 Å². The second-order valence-electron chi connectivity index (χ2n) is 8.48. The van der Waals surface area contributed by atoms with Crippen LogP contribution in [0.15, 0.2) is 46.9 Å². The van der Waals surface area contributed by atoms with Crippen LogP contribution >= 0.6 is 11.3 Å². The van der Waals surface area contributed by atoms with Gasteiger partial charge in [-0.1, -0.05) is 35.5 Å². The van der Waals surface area contributed by atoms with Gasteiger partial charge in [-0.15, -0.1) is 11.3 Å². The van der Waals surface area contributed by atoms with Crippen LogP contribution in [0.25, 0.3) is 0 Å². The normalized spacial score (nSPS) is 16.1. The molecule has 1 fully saturated rings. The number of benzene rings is 1. The fourth-order valence-electron chi connectivity index (χ4n) is 3.92. The molecule has 0 radical (unpaired) electrons. The quantitative estimate of drug-likeness (QED) is 0.328. The number of halogens is 3. The van der Waals surface area contributed by atoms with E-state index in [1.165, 1.54) is 6.92 Å². The van der Waals surface area contributed by atoms with Gasteiger partial charge in [0.05, 0.1) is 16.9 Å². The van der Waals surface area contributed by atoms with Gasteiger partial charge in [0.25, 0.3) is 0 Å². The topological polar surface area (TPSA) is 72.6 Å². The van der Waals surface area contributed by atoms with Crippen LogP contribution in [0.3, 0.4) is 0 Å². The van der Waals surface area contributed by atoms with Crippen molar-refractivity contribution in [1.29, 1.82) is 0 Å². The van der Waals surface area contributed by atoms with E-state index in [4.69, 9.17) is 4.84 Å². The maximum absolute atomic E-state index is 12.9. The number of piperidine rings is 1. The average Bonchev–Trinajstić information content (AvgIpc) is 3.46. The first-order chi connectivity index (χ1) is 16.7. The molecule has 11 heteroatoms. The molecule has 186 valence electrons. The first kappa shape index (κ1) is 24.9. The van der Waals surface area contributed by atoms with Gasteiger partial charge in [-0.3, -0.25) is 9.48 Å². The third-order valence-electron chi connectivity index (χ3n) is 5.97. The van der Waals surface area contributed by atoms with E-state index >= 15 is 0 Å². The van der Waals surface area contributed by atoms with Gasteiger partial charge in [-0.25, -0.2) is 4.98 Å². The van der Waals surface area contributed by atoms with Gasteiger partial charge in [0.1, 0.15) is 12.6 Å². The Kier molecular flexibility index (Phi) is 7.54. The number of hydrogen-bond acceptors (Lipinski definition) is 6. The summed E-state index contributed by atoms with van der Waals surface area (Å²) in [4.78, 5) is 24.5. The lowest BCUT2D eigenvalue weighted by molar-refractivity contribution is -0.142.